The number of nitrogens with zero attached hydrogens (tertiary/aromatic N) is 3. The monoisotopic (exact) mass is 351 g/mol. The van der Waals surface area contributed by atoms with Crippen LogP contribution in [0.25, 0.3) is 0 Å². The minimum absolute atomic E-state index is 0.0694. The number of aromatic nitrogens is 2. The molecule has 0 bridgehead atoms. The lowest BCUT2D eigenvalue weighted by Gasteiger charge is -2.42. The number of carbonyl (C=O) groups excluding carboxylic acids is 1. The molecule has 3 aliphatic rings. The maximum atomic E-state index is 13.1. The first-order chi connectivity index (χ1) is 12.6. The summed E-state index contributed by atoms with van der Waals surface area (Å²) >= 11 is 0. The Hall–Kier alpha value is -2.44. The van der Waals surface area contributed by atoms with Gasteiger partial charge in [0.15, 0.2) is 11.8 Å². The third kappa shape index (κ3) is 2.40. The maximum absolute atomic E-state index is 13.1. The van der Waals surface area contributed by atoms with Gasteiger partial charge in [-0.2, -0.15) is 5.10 Å². The summed E-state index contributed by atoms with van der Waals surface area (Å²) in [5, 5.41) is 4.22. The zero-order valence-electron chi connectivity index (χ0n) is 14.6. The average Bonchev–Trinajstić information content (AvgIpc) is 3.29. The van der Waals surface area contributed by atoms with Crippen molar-refractivity contribution in [1.82, 2.24) is 14.7 Å². The van der Waals surface area contributed by atoms with Crippen molar-refractivity contribution in [2.24, 2.45) is 7.05 Å². The van der Waals surface area contributed by atoms with Crippen LogP contribution in [0, 0.1) is 0 Å². The number of hydrogen-bond donors (Lipinski definition) is 0. The minimum Gasteiger partial charge on any atom is -0.373 e. The molecule has 1 aromatic carbocycles. The Labute approximate surface area is 152 Å². The number of fused-ring (bicyclic) bond motifs is 1. The molecule has 134 valence electrons. The summed E-state index contributed by atoms with van der Waals surface area (Å²) in [7, 11) is 1.88. The quantitative estimate of drug-likeness (QED) is 0.794. The second-order valence-electron chi connectivity index (χ2n) is 7.32. The number of amides is 1. The first kappa shape index (κ1) is 15.8. The molecule has 1 spiro atoms. The van der Waals surface area contributed by atoms with Gasteiger partial charge in [-0.3, -0.25) is 14.4 Å². The summed E-state index contributed by atoms with van der Waals surface area (Å²) in [5.74, 6) is 0.0703. The molecular weight excluding hydrogens is 330 g/mol. The van der Waals surface area contributed by atoms with Gasteiger partial charge in [0.25, 0.3) is 5.91 Å². The standard InChI is InChI=1S/C20H21N3O3/c1-22-12-15(11-21-22)17-7-8-18-23(17)19(24)20(26-18)9-16(10-20)25-13-14-5-3-2-4-6-14/h2-8,11-12,16-18H,9-10,13H2,1H3. The Morgan fingerprint density at radius 1 is 1.27 bits per heavy atom. The van der Waals surface area contributed by atoms with E-state index in [-0.39, 0.29) is 24.3 Å². The van der Waals surface area contributed by atoms with Gasteiger partial charge in [0.1, 0.15) is 0 Å². The molecule has 2 unspecified atom stereocenters. The molecule has 2 atom stereocenters. The van der Waals surface area contributed by atoms with Crippen molar-refractivity contribution in [1.29, 1.82) is 0 Å². The van der Waals surface area contributed by atoms with Gasteiger partial charge in [-0.25, -0.2) is 0 Å². The SMILES string of the molecule is Cn1cc(C2C=CC3OC4(CC(OCc5ccccc5)C4)C(=O)N32)cn1. The minimum atomic E-state index is -0.711. The van der Waals surface area contributed by atoms with Crippen LogP contribution in [0.15, 0.2) is 54.9 Å². The molecule has 2 aliphatic heterocycles. The van der Waals surface area contributed by atoms with Crippen molar-refractivity contribution in [3.63, 3.8) is 0 Å². The van der Waals surface area contributed by atoms with E-state index < -0.39 is 5.60 Å². The second-order valence-corrected chi connectivity index (χ2v) is 7.32. The van der Waals surface area contributed by atoms with Gasteiger partial charge < -0.3 is 9.47 Å². The second kappa shape index (κ2) is 5.79. The molecular formula is C20H21N3O3. The highest BCUT2D eigenvalue weighted by Crippen LogP contribution is 2.49. The van der Waals surface area contributed by atoms with Crippen molar-refractivity contribution in [3.8, 4) is 0 Å². The van der Waals surface area contributed by atoms with Gasteiger partial charge in [0.05, 0.1) is 24.9 Å². The Kier molecular flexibility index (Phi) is 3.52. The molecule has 2 fully saturated rings. The molecule has 0 N–H and O–H groups in total. The normalized spacial score (nSPS) is 32.3. The van der Waals surface area contributed by atoms with Gasteiger partial charge in [0.2, 0.25) is 0 Å². The number of ether oxygens (including phenoxy) is 2. The summed E-state index contributed by atoms with van der Waals surface area (Å²) in [6.07, 6.45) is 8.79. The molecule has 2 aromatic rings. The number of rotatable bonds is 4. The van der Waals surface area contributed by atoms with Gasteiger partial charge in [-0.1, -0.05) is 36.4 Å². The van der Waals surface area contributed by atoms with Crippen LogP contribution < -0.4 is 0 Å². The van der Waals surface area contributed by atoms with Gasteiger partial charge in [-0.05, 0) is 11.6 Å². The van der Waals surface area contributed by atoms with Crippen LogP contribution in [0.2, 0.25) is 0 Å². The Morgan fingerprint density at radius 2 is 2.08 bits per heavy atom. The number of aryl methyl sites for hydroxylation is 1. The molecule has 1 amide bonds. The van der Waals surface area contributed by atoms with Crippen LogP contribution in [-0.4, -0.2) is 38.5 Å². The largest absolute Gasteiger partial charge is 0.373 e. The highest BCUT2D eigenvalue weighted by atomic mass is 16.6. The van der Waals surface area contributed by atoms with E-state index in [1.807, 2.05) is 66.8 Å². The molecule has 6 nitrogen and oxygen atoms in total. The Balaban J connectivity index is 1.24. The third-order valence-electron chi connectivity index (χ3n) is 5.51. The lowest BCUT2D eigenvalue weighted by molar-refractivity contribution is -0.173. The van der Waals surface area contributed by atoms with Crippen LogP contribution in [0.5, 0.6) is 0 Å². The van der Waals surface area contributed by atoms with E-state index >= 15 is 0 Å². The van der Waals surface area contributed by atoms with Gasteiger partial charge >= 0.3 is 0 Å². The fraction of sp³-hybridized carbons (Fsp3) is 0.400. The first-order valence-electron chi connectivity index (χ1n) is 8.98. The van der Waals surface area contributed by atoms with Crippen LogP contribution in [0.3, 0.4) is 0 Å². The predicted molar refractivity (Wildman–Crippen MR) is 93.8 cm³/mol. The molecule has 1 saturated carbocycles. The highest BCUT2D eigenvalue weighted by Gasteiger charge is 2.62. The maximum Gasteiger partial charge on any atom is 0.258 e. The fourth-order valence-corrected chi connectivity index (χ4v) is 4.12. The average molecular weight is 351 g/mol. The molecule has 5 rings (SSSR count). The molecule has 3 heterocycles. The topological polar surface area (TPSA) is 56.6 Å². The van der Waals surface area contributed by atoms with E-state index in [4.69, 9.17) is 9.47 Å². The van der Waals surface area contributed by atoms with Crippen molar-refractivity contribution in [2.45, 2.75) is 43.4 Å². The molecule has 1 saturated heterocycles. The van der Waals surface area contributed by atoms with Gasteiger partial charge in [0, 0.05) is 31.6 Å². The summed E-state index contributed by atoms with van der Waals surface area (Å²) in [6, 6.07) is 10.0. The summed E-state index contributed by atoms with van der Waals surface area (Å²) in [6.45, 7) is 0.571. The summed E-state index contributed by atoms with van der Waals surface area (Å²) in [5.41, 5.74) is 1.45. The van der Waals surface area contributed by atoms with Crippen molar-refractivity contribution < 1.29 is 14.3 Å². The van der Waals surface area contributed by atoms with E-state index in [9.17, 15) is 4.79 Å². The van der Waals surface area contributed by atoms with Gasteiger partial charge in [-0.15, -0.1) is 0 Å². The predicted octanol–water partition coefficient (Wildman–Crippen LogP) is 2.33. The summed E-state index contributed by atoms with van der Waals surface area (Å²) < 4.78 is 13.9. The lowest BCUT2D eigenvalue weighted by atomic mass is 9.76. The number of benzene rings is 1. The molecule has 1 aliphatic carbocycles. The van der Waals surface area contributed by atoms with Crippen LogP contribution in [0.4, 0.5) is 0 Å². The van der Waals surface area contributed by atoms with Crippen molar-refractivity contribution in [2.75, 3.05) is 0 Å². The lowest BCUT2D eigenvalue weighted by Crippen LogP contribution is -2.54. The smallest absolute Gasteiger partial charge is 0.258 e. The molecule has 1 aromatic heterocycles. The van der Waals surface area contributed by atoms with Crippen LogP contribution in [-0.2, 0) is 27.9 Å². The Morgan fingerprint density at radius 3 is 2.81 bits per heavy atom. The van der Waals surface area contributed by atoms with E-state index in [2.05, 4.69) is 5.10 Å². The van der Waals surface area contributed by atoms with Crippen LogP contribution in [0.1, 0.15) is 30.0 Å². The number of hydrogen-bond acceptors (Lipinski definition) is 4. The fourth-order valence-electron chi connectivity index (χ4n) is 4.12. The first-order valence-corrected chi connectivity index (χ1v) is 8.98. The number of carbonyl (C=O) groups is 1. The van der Waals surface area contributed by atoms with E-state index in [0.717, 1.165) is 11.1 Å². The molecule has 0 radical (unpaired) electrons. The Bertz CT molecular complexity index is 854. The van der Waals surface area contributed by atoms with Crippen molar-refractivity contribution >= 4 is 5.91 Å². The molecule has 6 heteroatoms. The molecule has 26 heavy (non-hydrogen) atoms. The van der Waals surface area contributed by atoms with E-state index in [0.29, 0.717) is 19.4 Å². The zero-order valence-corrected chi connectivity index (χ0v) is 14.6. The van der Waals surface area contributed by atoms with Crippen LogP contribution >= 0.6 is 0 Å². The van der Waals surface area contributed by atoms with Crippen molar-refractivity contribution in [3.05, 3.63) is 66.0 Å². The highest BCUT2D eigenvalue weighted by molar-refractivity contribution is 5.89. The third-order valence-corrected chi connectivity index (χ3v) is 5.51. The van der Waals surface area contributed by atoms with E-state index in [1.165, 1.54) is 0 Å². The zero-order chi connectivity index (χ0) is 17.7. The van der Waals surface area contributed by atoms with E-state index in [1.54, 1.807) is 4.68 Å². The summed E-state index contributed by atoms with van der Waals surface area (Å²) in [4.78, 5) is 14.9.